The third kappa shape index (κ3) is 4.39. The van der Waals surface area contributed by atoms with Crippen LogP contribution in [0.3, 0.4) is 0 Å². The average molecular weight is 497 g/mol. The van der Waals surface area contributed by atoms with Crippen molar-refractivity contribution >= 4 is 33.3 Å². The lowest BCUT2D eigenvalue weighted by Gasteiger charge is -2.36. The second kappa shape index (κ2) is 9.66. The maximum absolute atomic E-state index is 13.2. The van der Waals surface area contributed by atoms with E-state index in [0.29, 0.717) is 13.1 Å². The van der Waals surface area contributed by atoms with Gasteiger partial charge in [0.05, 0.1) is 5.39 Å². The smallest absolute Gasteiger partial charge is 0.254 e. The zero-order valence-electron chi connectivity index (χ0n) is 21.0. The first kappa shape index (κ1) is 23.2. The van der Waals surface area contributed by atoms with Gasteiger partial charge in [-0.25, -0.2) is 9.97 Å². The number of rotatable bonds is 4. The molecule has 0 N–H and O–H groups in total. The van der Waals surface area contributed by atoms with Crippen molar-refractivity contribution in [1.29, 1.82) is 0 Å². The molecule has 1 aliphatic heterocycles. The van der Waals surface area contributed by atoms with Crippen LogP contribution in [0, 0.1) is 12.8 Å². The van der Waals surface area contributed by atoms with Crippen molar-refractivity contribution in [3.63, 3.8) is 0 Å². The summed E-state index contributed by atoms with van der Waals surface area (Å²) in [5.41, 5.74) is 4.54. The number of carbonyl (C=O) groups excluding carboxylic acids is 1. The molecule has 2 aromatic heterocycles. The summed E-state index contributed by atoms with van der Waals surface area (Å²) in [4.78, 5) is 30.4. The second-order valence-corrected chi connectivity index (χ2v) is 11.3. The van der Waals surface area contributed by atoms with E-state index in [-0.39, 0.29) is 5.91 Å². The number of fused-ring (bicyclic) bond motifs is 3. The monoisotopic (exact) mass is 496 g/mol. The van der Waals surface area contributed by atoms with Crippen LogP contribution in [-0.4, -0.2) is 47.0 Å². The number of benzene rings is 2. The van der Waals surface area contributed by atoms with E-state index in [9.17, 15) is 4.79 Å². The Balaban J connectivity index is 1.32. The summed E-state index contributed by atoms with van der Waals surface area (Å²) in [7, 11) is 0. The van der Waals surface area contributed by atoms with Crippen molar-refractivity contribution < 1.29 is 4.79 Å². The van der Waals surface area contributed by atoms with Crippen molar-refractivity contribution in [2.24, 2.45) is 5.92 Å². The van der Waals surface area contributed by atoms with E-state index in [1.54, 1.807) is 0 Å². The van der Waals surface area contributed by atoms with Crippen LogP contribution in [0.25, 0.3) is 10.2 Å². The first-order chi connectivity index (χ1) is 17.6. The quantitative estimate of drug-likeness (QED) is 0.365. The summed E-state index contributed by atoms with van der Waals surface area (Å²) in [5.74, 6) is 2.81. The van der Waals surface area contributed by atoms with E-state index >= 15 is 0 Å². The number of nitrogens with zero attached hydrogens (tertiary/aromatic N) is 4. The van der Waals surface area contributed by atoms with E-state index in [1.165, 1.54) is 27.8 Å². The Morgan fingerprint density at radius 2 is 1.75 bits per heavy atom. The molecule has 1 unspecified atom stereocenters. The minimum Gasteiger partial charge on any atom is -0.352 e. The fourth-order valence-corrected chi connectivity index (χ4v) is 6.95. The number of aromatic nitrogens is 2. The number of thiophene rings is 1. The van der Waals surface area contributed by atoms with Crippen molar-refractivity contribution in [3.05, 3.63) is 87.6 Å². The Morgan fingerprint density at radius 1 is 1.00 bits per heavy atom. The van der Waals surface area contributed by atoms with E-state index in [1.807, 2.05) is 53.5 Å². The molecule has 6 heteroatoms. The van der Waals surface area contributed by atoms with Crippen LogP contribution in [0.4, 0.5) is 5.82 Å². The van der Waals surface area contributed by atoms with E-state index in [0.717, 1.165) is 65.9 Å². The molecule has 2 aromatic carbocycles. The highest BCUT2D eigenvalue weighted by atomic mass is 32.1. The lowest BCUT2D eigenvalue weighted by atomic mass is 9.89. The zero-order chi connectivity index (χ0) is 24.6. The number of carbonyl (C=O) groups is 1. The number of piperazine rings is 1. The molecule has 0 saturated carbocycles. The van der Waals surface area contributed by atoms with E-state index in [2.05, 4.69) is 36.1 Å². The summed E-state index contributed by atoms with van der Waals surface area (Å²) < 4.78 is 0. The Kier molecular flexibility index (Phi) is 6.22. The van der Waals surface area contributed by atoms with Crippen molar-refractivity contribution in [1.82, 2.24) is 14.9 Å². The highest BCUT2D eigenvalue weighted by Gasteiger charge is 2.29. The first-order valence-electron chi connectivity index (χ1n) is 13.0. The Hall–Kier alpha value is -3.25. The molecule has 3 heterocycles. The van der Waals surface area contributed by atoms with Crippen LogP contribution in [-0.2, 0) is 19.3 Å². The van der Waals surface area contributed by atoms with Gasteiger partial charge in [-0.3, -0.25) is 4.79 Å². The number of anilines is 1. The third-order valence-electron chi connectivity index (χ3n) is 7.63. The molecule has 4 aromatic rings. The maximum Gasteiger partial charge on any atom is 0.254 e. The topological polar surface area (TPSA) is 49.3 Å². The third-order valence-corrected chi connectivity index (χ3v) is 8.78. The van der Waals surface area contributed by atoms with Crippen LogP contribution in [0.2, 0.25) is 0 Å². The molecule has 1 atom stereocenters. The predicted molar refractivity (Wildman–Crippen MR) is 147 cm³/mol. The second-order valence-electron chi connectivity index (χ2n) is 10.3. The van der Waals surface area contributed by atoms with Crippen LogP contribution in [0.1, 0.15) is 51.1 Å². The van der Waals surface area contributed by atoms with Gasteiger partial charge in [-0.1, -0.05) is 55.5 Å². The molecule has 2 aliphatic rings. The summed E-state index contributed by atoms with van der Waals surface area (Å²) in [5, 5.41) is 1.26. The molecule has 36 heavy (non-hydrogen) atoms. The van der Waals surface area contributed by atoms with Crippen LogP contribution >= 0.6 is 11.3 Å². The summed E-state index contributed by atoms with van der Waals surface area (Å²) in [6, 6.07) is 18.4. The minimum absolute atomic E-state index is 0.132. The molecule has 0 spiro atoms. The summed E-state index contributed by atoms with van der Waals surface area (Å²) in [6.07, 6.45) is 4.20. The highest BCUT2D eigenvalue weighted by Crippen LogP contribution is 2.41. The van der Waals surface area contributed by atoms with Crippen molar-refractivity contribution in [2.45, 2.75) is 39.5 Å². The number of aryl methyl sites for hydroxylation is 2. The normalized spacial score (nSPS) is 17.9. The van der Waals surface area contributed by atoms with Crippen LogP contribution < -0.4 is 4.90 Å². The van der Waals surface area contributed by atoms with Gasteiger partial charge in [0.25, 0.3) is 5.91 Å². The summed E-state index contributed by atoms with van der Waals surface area (Å²) >= 11 is 1.87. The van der Waals surface area contributed by atoms with Gasteiger partial charge in [-0.15, -0.1) is 11.3 Å². The lowest BCUT2D eigenvalue weighted by Crippen LogP contribution is -2.49. The Morgan fingerprint density at radius 3 is 2.53 bits per heavy atom. The van der Waals surface area contributed by atoms with Gasteiger partial charge in [0.1, 0.15) is 16.5 Å². The maximum atomic E-state index is 13.2. The number of hydrogen-bond acceptors (Lipinski definition) is 5. The molecule has 1 aliphatic carbocycles. The molecule has 5 nitrogen and oxygen atoms in total. The predicted octanol–water partition coefficient (Wildman–Crippen LogP) is 5.68. The van der Waals surface area contributed by atoms with E-state index < -0.39 is 0 Å². The average Bonchev–Trinajstić information content (AvgIpc) is 3.26. The molecule has 6 rings (SSSR count). The fraction of sp³-hybridized carbons (Fsp3) is 0.367. The van der Waals surface area contributed by atoms with Gasteiger partial charge in [-0.05, 0) is 54.9 Å². The minimum atomic E-state index is 0.132. The molecule has 1 saturated heterocycles. The van der Waals surface area contributed by atoms with Gasteiger partial charge in [-0.2, -0.15) is 0 Å². The molecule has 184 valence electrons. The van der Waals surface area contributed by atoms with Crippen molar-refractivity contribution in [2.75, 3.05) is 31.1 Å². The van der Waals surface area contributed by atoms with Crippen LogP contribution in [0.15, 0.2) is 54.6 Å². The molecule has 1 fully saturated rings. The first-order valence-corrected chi connectivity index (χ1v) is 13.8. The lowest BCUT2D eigenvalue weighted by molar-refractivity contribution is 0.0746. The van der Waals surface area contributed by atoms with E-state index in [4.69, 9.17) is 9.97 Å². The Labute approximate surface area is 216 Å². The number of hydrogen-bond donors (Lipinski definition) is 0. The van der Waals surface area contributed by atoms with Gasteiger partial charge in [0.2, 0.25) is 0 Å². The van der Waals surface area contributed by atoms with Gasteiger partial charge < -0.3 is 9.80 Å². The van der Waals surface area contributed by atoms with Gasteiger partial charge >= 0.3 is 0 Å². The van der Waals surface area contributed by atoms with Crippen molar-refractivity contribution in [3.8, 4) is 0 Å². The van der Waals surface area contributed by atoms with Crippen LogP contribution in [0.5, 0.6) is 0 Å². The number of amides is 1. The molecular formula is C30H32N4OS. The summed E-state index contributed by atoms with van der Waals surface area (Å²) in [6.45, 7) is 7.35. The zero-order valence-corrected chi connectivity index (χ0v) is 21.9. The highest BCUT2D eigenvalue weighted by molar-refractivity contribution is 7.19. The fourth-order valence-electron chi connectivity index (χ4n) is 5.56. The Bertz CT molecular complexity index is 1410. The largest absolute Gasteiger partial charge is 0.352 e. The SMILES string of the molecule is Cc1ccccc1C(=O)N1CCN(c2nc(Cc3ccccc3)nc3sc4c(c23)CCC(C)C4)CC1. The molecule has 1 amide bonds. The standard InChI is InChI=1S/C30H32N4OS/c1-20-12-13-24-25(18-20)36-29-27(24)28(31-26(32-29)19-22-9-4-3-5-10-22)33-14-16-34(17-15-33)30(35)23-11-7-6-8-21(23)2/h3-11,20H,12-19H2,1-2H3. The molecule has 0 radical (unpaired) electrons. The molecular weight excluding hydrogens is 464 g/mol. The van der Waals surface area contributed by atoms with Gasteiger partial charge in [0.15, 0.2) is 0 Å². The van der Waals surface area contributed by atoms with Gasteiger partial charge in [0, 0.05) is 43.0 Å². The molecule has 0 bridgehead atoms.